The van der Waals surface area contributed by atoms with E-state index < -0.39 is 10.0 Å². The van der Waals surface area contributed by atoms with Gasteiger partial charge in [0.2, 0.25) is 10.0 Å². The lowest BCUT2D eigenvalue weighted by molar-refractivity contribution is 0.253. The maximum Gasteiger partial charge on any atom is 0.212 e. The van der Waals surface area contributed by atoms with E-state index in [4.69, 9.17) is 0 Å². The fourth-order valence-electron chi connectivity index (χ4n) is 1.93. The molecule has 0 aromatic heterocycles. The van der Waals surface area contributed by atoms with Gasteiger partial charge in [0.25, 0.3) is 0 Å². The average molecular weight is 261 g/mol. The van der Waals surface area contributed by atoms with Crippen molar-refractivity contribution in [1.29, 1.82) is 0 Å². The number of nitrogens with zero attached hydrogens (tertiary/aromatic N) is 1. The van der Waals surface area contributed by atoms with Gasteiger partial charge in [-0.3, -0.25) is 4.90 Å². The first-order valence-electron chi connectivity index (χ1n) is 6.40. The monoisotopic (exact) mass is 261 g/mol. The second-order valence-corrected chi connectivity index (χ2v) is 7.47. The summed E-state index contributed by atoms with van der Waals surface area (Å²) in [7, 11) is -3.09. The molecule has 0 unspecified atom stereocenters. The van der Waals surface area contributed by atoms with Crippen molar-refractivity contribution >= 4 is 10.0 Å². The highest BCUT2D eigenvalue weighted by Gasteiger charge is 2.37. The molecular formula is C11H23N3O2S. The molecule has 0 spiro atoms. The Morgan fingerprint density at radius 1 is 1.29 bits per heavy atom. The fraction of sp³-hybridized carbons (Fsp3) is 1.00. The van der Waals surface area contributed by atoms with Crippen LogP contribution in [-0.2, 0) is 10.0 Å². The average Bonchev–Trinajstić information content (AvgIpc) is 3.05. The van der Waals surface area contributed by atoms with E-state index in [-0.39, 0.29) is 11.2 Å². The van der Waals surface area contributed by atoms with Gasteiger partial charge in [-0.1, -0.05) is 6.92 Å². The third kappa shape index (κ3) is 4.54. The van der Waals surface area contributed by atoms with Crippen molar-refractivity contribution in [2.75, 3.05) is 45.0 Å². The molecule has 2 N–H and O–H groups in total. The molecule has 2 rings (SSSR count). The highest BCUT2D eigenvalue weighted by molar-refractivity contribution is 7.89. The minimum absolute atomic E-state index is 0.225. The lowest BCUT2D eigenvalue weighted by Crippen LogP contribution is -2.46. The number of rotatable bonds is 6. The predicted molar refractivity (Wildman–Crippen MR) is 68.4 cm³/mol. The first-order valence-corrected chi connectivity index (χ1v) is 8.05. The summed E-state index contributed by atoms with van der Waals surface area (Å²) in [6.45, 7) is 7.22. The van der Waals surface area contributed by atoms with Gasteiger partial charge in [0.1, 0.15) is 0 Å². The Morgan fingerprint density at radius 3 is 2.53 bits per heavy atom. The fourth-order valence-corrected chi connectivity index (χ4v) is 3.14. The Kier molecular flexibility index (Phi) is 4.07. The molecule has 0 aromatic rings. The molecule has 5 nitrogen and oxygen atoms in total. The number of hydrogen-bond donors (Lipinski definition) is 2. The lowest BCUT2D eigenvalue weighted by Gasteiger charge is -2.27. The first-order chi connectivity index (χ1) is 7.99. The molecule has 1 aliphatic heterocycles. The second-order valence-electron chi connectivity index (χ2n) is 5.54. The van der Waals surface area contributed by atoms with Gasteiger partial charge in [-0.15, -0.1) is 0 Å². The minimum atomic E-state index is -3.09. The SMILES string of the molecule is CC1(CNS(=O)(=O)CCN2CCNCC2)CC1. The van der Waals surface area contributed by atoms with Crippen molar-refractivity contribution in [2.24, 2.45) is 5.41 Å². The van der Waals surface area contributed by atoms with Crippen LogP contribution in [0, 0.1) is 5.41 Å². The zero-order valence-electron chi connectivity index (χ0n) is 10.5. The molecule has 0 atom stereocenters. The molecule has 2 aliphatic rings. The summed E-state index contributed by atoms with van der Waals surface area (Å²) in [6.07, 6.45) is 2.29. The molecule has 2 fully saturated rings. The molecular weight excluding hydrogens is 238 g/mol. The van der Waals surface area contributed by atoms with Crippen LogP contribution in [0.2, 0.25) is 0 Å². The van der Waals surface area contributed by atoms with Crippen LogP contribution in [0.25, 0.3) is 0 Å². The van der Waals surface area contributed by atoms with Crippen LogP contribution in [-0.4, -0.2) is 58.3 Å². The largest absolute Gasteiger partial charge is 0.314 e. The van der Waals surface area contributed by atoms with E-state index in [9.17, 15) is 8.42 Å². The third-order valence-corrected chi connectivity index (χ3v) is 5.01. The topological polar surface area (TPSA) is 61.4 Å². The van der Waals surface area contributed by atoms with Crippen LogP contribution >= 0.6 is 0 Å². The van der Waals surface area contributed by atoms with Gasteiger partial charge in [0, 0.05) is 39.3 Å². The molecule has 0 radical (unpaired) electrons. The Balaban J connectivity index is 1.68. The summed E-state index contributed by atoms with van der Waals surface area (Å²) >= 11 is 0. The molecule has 1 saturated heterocycles. The Labute approximate surface area is 104 Å². The molecule has 17 heavy (non-hydrogen) atoms. The van der Waals surface area contributed by atoms with Crippen molar-refractivity contribution in [2.45, 2.75) is 19.8 Å². The van der Waals surface area contributed by atoms with Crippen molar-refractivity contribution in [1.82, 2.24) is 14.9 Å². The summed E-state index contributed by atoms with van der Waals surface area (Å²) < 4.78 is 26.3. The van der Waals surface area contributed by atoms with E-state index in [1.807, 2.05) is 0 Å². The highest BCUT2D eigenvalue weighted by atomic mass is 32.2. The highest BCUT2D eigenvalue weighted by Crippen LogP contribution is 2.44. The summed E-state index contributed by atoms with van der Waals surface area (Å²) in [5.41, 5.74) is 0.238. The molecule has 1 heterocycles. The molecule has 0 amide bonds. The van der Waals surface area contributed by atoms with Crippen LogP contribution in [0.3, 0.4) is 0 Å². The van der Waals surface area contributed by atoms with Crippen LogP contribution in [0.4, 0.5) is 0 Å². The lowest BCUT2D eigenvalue weighted by atomic mass is 10.2. The van der Waals surface area contributed by atoms with E-state index in [2.05, 4.69) is 21.9 Å². The van der Waals surface area contributed by atoms with Gasteiger partial charge >= 0.3 is 0 Å². The first kappa shape index (κ1) is 13.3. The number of sulfonamides is 1. The van der Waals surface area contributed by atoms with Gasteiger partial charge in [-0.2, -0.15) is 0 Å². The van der Waals surface area contributed by atoms with E-state index in [0.717, 1.165) is 39.0 Å². The van der Waals surface area contributed by atoms with Gasteiger partial charge < -0.3 is 5.32 Å². The molecule has 1 aliphatic carbocycles. The quantitative estimate of drug-likeness (QED) is 0.684. The summed E-state index contributed by atoms with van der Waals surface area (Å²) in [5, 5.41) is 3.26. The van der Waals surface area contributed by atoms with Gasteiger partial charge in [-0.25, -0.2) is 13.1 Å². The molecule has 6 heteroatoms. The number of piperazine rings is 1. The van der Waals surface area contributed by atoms with E-state index in [1.165, 1.54) is 0 Å². The predicted octanol–water partition coefficient (Wildman–Crippen LogP) is -0.389. The van der Waals surface area contributed by atoms with Gasteiger partial charge in [0.05, 0.1) is 5.75 Å². The van der Waals surface area contributed by atoms with E-state index >= 15 is 0 Å². The van der Waals surface area contributed by atoms with Crippen LogP contribution in [0.15, 0.2) is 0 Å². The Hall–Kier alpha value is -0.170. The van der Waals surface area contributed by atoms with Gasteiger partial charge in [0.15, 0.2) is 0 Å². The van der Waals surface area contributed by atoms with Crippen LogP contribution in [0.1, 0.15) is 19.8 Å². The zero-order chi connectivity index (χ0) is 12.4. The van der Waals surface area contributed by atoms with Gasteiger partial charge in [-0.05, 0) is 18.3 Å². The second kappa shape index (κ2) is 5.22. The van der Waals surface area contributed by atoms with Crippen molar-refractivity contribution in [3.63, 3.8) is 0 Å². The van der Waals surface area contributed by atoms with Crippen LogP contribution < -0.4 is 10.0 Å². The molecule has 1 saturated carbocycles. The Bertz CT molecular complexity index is 346. The minimum Gasteiger partial charge on any atom is -0.314 e. The molecule has 0 bridgehead atoms. The third-order valence-electron chi connectivity index (χ3n) is 3.71. The summed E-state index contributed by atoms with van der Waals surface area (Å²) in [6, 6.07) is 0. The number of hydrogen-bond acceptors (Lipinski definition) is 4. The zero-order valence-corrected chi connectivity index (χ0v) is 11.4. The smallest absolute Gasteiger partial charge is 0.212 e. The maximum atomic E-state index is 11.8. The Morgan fingerprint density at radius 2 is 1.94 bits per heavy atom. The standard InChI is InChI=1S/C11H23N3O2S/c1-11(2-3-11)10-13-17(15,16)9-8-14-6-4-12-5-7-14/h12-13H,2-10H2,1H3. The molecule has 100 valence electrons. The van der Waals surface area contributed by atoms with Crippen molar-refractivity contribution in [3.8, 4) is 0 Å². The van der Waals surface area contributed by atoms with Crippen molar-refractivity contribution < 1.29 is 8.42 Å². The molecule has 0 aromatic carbocycles. The normalized spacial score (nSPS) is 24.8. The number of nitrogens with one attached hydrogen (secondary N) is 2. The summed E-state index contributed by atoms with van der Waals surface area (Å²) in [5.74, 6) is 0.225. The van der Waals surface area contributed by atoms with Crippen LogP contribution in [0.5, 0.6) is 0 Å². The van der Waals surface area contributed by atoms with E-state index in [0.29, 0.717) is 13.1 Å². The van der Waals surface area contributed by atoms with E-state index in [1.54, 1.807) is 0 Å². The summed E-state index contributed by atoms with van der Waals surface area (Å²) in [4.78, 5) is 2.20. The van der Waals surface area contributed by atoms with Crippen molar-refractivity contribution in [3.05, 3.63) is 0 Å². The maximum absolute atomic E-state index is 11.8.